The number of ether oxygens (including phenoxy) is 1. The van der Waals surface area contributed by atoms with Gasteiger partial charge in [-0.05, 0) is 41.0 Å². The van der Waals surface area contributed by atoms with Gasteiger partial charge in [0.15, 0.2) is 0 Å². The lowest BCUT2D eigenvalue weighted by atomic mass is 10.2. The number of nitrogens with one attached hydrogen (secondary N) is 1. The fraction of sp³-hybridized carbons (Fsp3) is 0.667. The normalized spacial score (nSPS) is 10.4. The summed E-state index contributed by atoms with van der Waals surface area (Å²) in [5.74, 6) is -0.492. The number of carbonyl (C=O) groups excluding carboxylic acids is 2. The summed E-state index contributed by atoms with van der Waals surface area (Å²) in [6.07, 6.45) is 1.97. The van der Waals surface area contributed by atoms with Crippen molar-refractivity contribution in [2.45, 2.75) is 53.1 Å². The van der Waals surface area contributed by atoms with Crippen molar-refractivity contribution < 1.29 is 19.2 Å². The molecule has 0 bridgehead atoms. The van der Waals surface area contributed by atoms with Crippen molar-refractivity contribution in [1.29, 1.82) is 0 Å². The van der Waals surface area contributed by atoms with E-state index in [4.69, 9.17) is 4.74 Å². The smallest absolute Gasteiger partial charge is 0.441 e. The summed E-state index contributed by atoms with van der Waals surface area (Å²) in [5, 5.41) is 0. The minimum Gasteiger partial charge on any atom is -0.442 e. The molecule has 0 fully saturated rings. The molecule has 17 heavy (non-hydrogen) atoms. The number of hydrogen-bond acceptors (Lipinski definition) is 4. The number of carbonyl (C=O) groups is 2. The second-order valence-corrected chi connectivity index (χ2v) is 4.90. The van der Waals surface area contributed by atoms with E-state index in [-0.39, 0.29) is 6.42 Å². The van der Waals surface area contributed by atoms with Gasteiger partial charge in [-0.2, -0.15) is 0 Å². The summed E-state index contributed by atoms with van der Waals surface area (Å²) < 4.78 is 4.89. The molecule has 0 saturated carbocycles. The van der Waals surface area contributed by atoms with Gasteiger partial charge in [-0.1, -0.05) is 11.6 Å². The van der Waals surface area contributed by atoms with E-state index >= 15 is 0 Å². The van der Waals surface area contributed by atoms with Crippen LogP contribution in [0.3, 0.4) is 0 Å². The first-order valence-corrected chi connectivity index (χ1v) is 5.53. The Morgan fingerprint density at radius 1 is 1.24 bits per heavy atom. The van der Waals surface area contributed by atoms with Crippen LogP contribution in [0.5, 0.6) is 0 Å². The summed E-state index contributed by atoms with van der Waals surface area (Å²) in [6, 6.07) is 0. The Kier molecular flexibility index (Phi) is 6.31. The van der Waals surface area contributed by atoms with Gasteiger partial charge in [0.1, 0.15) is 5.60 Å². The maximum Gasteiger partial charge on any atom is 0.441 e. The fourth-order valence-corrected chi connectivity index (χ4v) is 0.927. The molecular formula is C12H21NO4. The number of allylic oxidation sites excluding steroid dienone is 2. The lowest BCUT2D eigenvalue weighted by Gasteiger charge is -2.19. The summed E-state index contributed by atoms with van der Waals surface area (Å²) in [4.78, 5) is 26.8. The van der Waals surface area contributed by atoms with Crippen molar-refractivity contribution in [1.82, 2.24) is 5.48 Å². The Hall–Kier alpha value is -1.52. The average Bonchev–Trinajstić information content (AvgIpc) is 2.11. The van der Waals surface area contributed by atoms with E-state index in [0.717, 1.165) is 5.57 Å². The van der Waals surface area contributed by atoms with E-state index in [0.29, 0.717) is 6.42 Å². The summed E-state index contributed by atoms with van der Waals surface area (Å²) >= 11 is 0. The lowest BCUT2D eigenvalue weighted by molar-refractivity contribution is -0.150. The van der Waals surface area contributed by atoms with Crippen molar-refractivity contribution >= 4 is 12.1 Å². The second-order valence-electron chi connectivity index (χ2n) is 4.90. The van der Waals surface area contributed by atoms with Gasteiger partial charge >= 0.3 is 12.1 Å². The average molecular weight is 243 g/mol. The molecule has 0 unspecified atom stereocenters. The molecule has 0 aliphatic carbocycles. The minimum absolute atomic E-state index is 0.223. The molecule has 0 aliphatic heterocycles. The van der Waals surface area contributed by atoms with Crippen molar-refractivity contribution in [3.05, 3.63) is 11.6 Å². The van der Waals surface area contributed by atoms with Crippen LogP contribution in [0.15, 0.2) is 11.6 Å². The maximum absolute atomic E-state index is 11.2. The van der Waals surface area contributed by atoms with Crippen molar-refractivity contribution in [2.24, 2.45) is 0 Å². The van der Waals surface area contributed by atoms with Crippen LogP contribution in [0.1, 0.15) is 47.5 Å². The maximum atomic E-state index is 11.2. The van der Waals surface area contributed by atoms with Crippen LogP contribution in [0, 0.1) is 0 Å². The molecule has 0 spiro atoms. The molecule has 0 aromatic carbocycles. The topological polar surface area (TPSA) is 64.6 Å². The first-order valence-electron chi connectivity index (χ1n) is 5.53. The van der Waals surface area contributed by atoms with Gasteiger partial charge in [-0.25, -0.2) is 9.59 Å². The van der Waals surface area contributed by atoms with Gasteiger partial charge in [0.2, 0.25) is 0 Å². The van der Waals surface area contributed by atoms with E-state index in [9.17, 15) is 9.59 Å². The van der Waals surface area contributed by atoms with Crippen LogP contribution in [0.25, 0.3) is 0 Å². The Morgan fingerprint density at radius 3 is 2.29 bits per heavy atom. The molecule has 0 aliphatic rings. The van der Waals surface area contributed by atoms with E-state index in [1.54, 1.807) is 20.8 Å². The molecular weight excluding hydrogens is 222 g/mol. The summed E-state index contributed by atoms with van der Waals surface area (Å²) in [7, 11) is 0. The molecule has 0 heterocycles. The highest BCUT2D eigenvalue weighted by Crippen LogP contribution is 2.06. The third-order valence-corrected chi connectivity index (χ3v) is 1.55. The van der Waals surface area contributed by atoms with E-state index in [1.807, 2.05) is 25.4 Å². The Morgan fingerprint density at radius 2 is 1.82 bits per heavy atom. The molecule has 1 amide bonds. The highest BCUT2D eigenvalue weighted by Gasteiger charge is 2.17. The molecule has 98 valence electrons. The van der Waals surface area contributed by atoms with E-state index in [1.165, 1.54) is 0 Å². The van der Waals surface area contributed by atoms with Gasteiger partial charge in [0.25, 0.3) is 0 Å². The Bertz CT molecular complexity index is 298. The van der Waals surface area contributed by atoms with Gasteiger partial charge in [0, 0.05) is 0 Å². The van der Waals surface area contributed by atoms with E-state index in [2.05, 4.69) is 4.84 Å². The molecule has 0 aromatic rings. The minimum atomic E-state index is -0.770. The fourth-order valence-electron chi connectivity index (χ4n) is 0.927. The molecule has 5 nitrogen and oxygen atoms in total. The molecule has 5 heteroatoms. The molecule has 0 radical (unpaired) electrons. The van der Waals surface area contributed by atoms with Crippen molar-refractivity contribution in [2.75, 3.05) is 0 Å². The zero-order valence-corrected chi connectivity index (χ0v) is 11.1. The van der Waals surface area contributed by atoms with Gasteiger partial charge in [-0.3, -0.25) is 0 Å². The van der Waals surface area contributed by atoms with E-state index < -0.39 is 17.7 Å². The number of hydrogen-bond donors (Lipinski definition) is 1. The highest BCUT2D eigenvalue weighted by molar-refractivity contribution is 5.73. The molecule has 0 aromatic heterocycles. The predicted molar refractivity (Wildman–Crippen MR) is 64.1 cm³/mol. The predicted octanol–water partition coefficient (Wildman–Crippen LogP) is 2.72. The number of rotatable bonds is 3. The van der Waals surface area contributed by atoms with Crippen molar-refractivity contribution in [3.8, 4) is 0 Å². The third kappa shape index (κ3) is 10.8. The second kappa shape index (κ2) is 6.93. The first-order chi connectivity index (χ1) is 7.70. The van der Waals surface area contributed by atoms with Crippen molar-refractivity contribution in [3.63, 3.8) is 0 Å². The zero-order chi connectivity index (χ0) is 13.5. The van der Waals surface area contributed by atoms with Crippen LogP contribution in [0.2, 0.25) is 0 Å². The summed E-state index contributed by atoms with van der Waals surface area (Å²) in [5.41, 5.74) is 2.47. The molecule has 0 saturated heterocycles. The number of amides is 1. The third-order valence-electron chi connectivity index (χ3n) is 1.55. The van der Waals surface area contributed by atoms with Crippen LogP contribution in [0.4, 0.5) is 4.79 Å². The van der Waals surface area contributed by atoms with Crippen LogP contribution in [-0.4, -0.2) is 17.7 Å². The first kappa shape index (κ1) is 15.5. The summed E-state index contributed by atoms with van der Waals surface area (Å²) in [6.45, 7) is 9.07. The van der Waals surface area contributed by atoms with Crippen LogP contribution in [-0.2, 0) is 14.4 Å². The standard InChI is InChI=1S/C12H21NO4/c1-9(2)7-6-8-10(14)17-13-11(15)16-12(3,4)5/h7H,6,8H2,1-5H3,(H,13,15). The molecule has 1 N–H and O–H groups in total. The van der Waals surface area contributed by atoms with Crippen LogP contribution >= 0.6 is 0 Å². The Balaban J connectivity index is 3.78. The lowest BCUT2D eigenvalue weighted by Crippen LogP contribution is -2.34. The SMILES string of the molecule is CC(C)=CCCC(=O)ONC(=O)OC(C)(C)C. The number of hydroxylamine groups is 1. The monoisotopic (exact) mass is 243 g/mol. The van der Waals surface area contributed by atoms with Gasteiger partial charge in [0.05, 0.1) is 6.42 Å². The van der Waals surface area contributed by atoms with Gasteiger partial charge in [-0.15, -0.1) is 5.48 Å². The molecule has 0 atom stereocenters. The van der Waals surface area contributed by atoms with Crippen LogP contribution < -0.4 is 5.48 Å². The quantitative estimate of drug-likeness (QED) is 0.611. The highest BCUT2D eigenvalue weighted by atomic mass is 16.7. The van der Waals surface area contributed by atoms with Gasteiger partial charge < -0.3 is 9.57 Å². The Labute approximate surface area is 102 Å². The molecule has 0 rings (SSSR count). The zero-order valence-electron chi connectivity index (χ0n) is 11.1. The largest absolute Gasteiger partial charge is 0.442 e.